The van der Waals surface area contributed by atoms with Gasteiger partial charge in [-0.05, 0) is 23.1 Å². The molecule has 2 heterocycles. The third-order valence-electron chi connectivity index (χ3n) is 1.69. The van der Waals surface area contributed by atoms with Crippen LogP contribution in [0.15, 0.2) is 22.1 Å². The number of hydrogen-bond donors (Lipinski definition) is 1. The monoisotopic (exact) mass is 195 g/mol. The highest BCUT2D eigenvalue weighted by molar-refractivity contribution is 7.13. The van der Waals surface area contributed by atoms with Gasteiger partial charge in [-0.15, -0.1) is 11.3 Å². The summed E-state index contributed by atoms with van der Waals surface area (Å²) < 4.78 is 4.67. The van der Waals surface area contributed by atoms with Gasteiger partial charge < -0.3 is 5.73 Å². The van der Waals surface area contributed by atoms with Crippen molar-refractivity contribution in [1.29, 1.82) is 0 Å². The van der Waals surface area contributed by atoms with Crippen LogP contribution in [0.3, 0.4) is 0 Å². The fourth-order valence-corrected chi connectivity index (χ4v) is 1.84. The van der Waals surface area contributed by atoms with E-state index in [1.807, 2.05) is 17.5 Å². The first kappa shape index (κ1) is 8.40. The van der Waals surface area contributed by atoms with E-state index >= 15 is 0 Å². The molecule has 4 nitrogen and oxygen atoms in total. The molecule has 68 valence electrons. The van der Waals surface area contributed by atoms with Gasteiger partial charge in [-0.25, -0.2) is 4.63 Å². The van der Waals surface area contributed by atoms with Crippen molar-refractivity contribution in [3.63, 3.8) is 0 Å². The quantitative estimate of drug-likeness (QED) is 0.801. The van der Waals surface area contributed by atoms with Crippen LogP contribution in [0.4, 0.5) is 0 Å². The molecule has 0 atom stereocenters. The average Bonchev–Trinajstić information content (AvgIpc) is 2.71. The lowest BCUT2D eigenvalue weighted by Gasteiger charge is -1.92. The van der Waals surface area contributed by atoms with Gasteiger partial charge in [-0.2, -0.15) is 0 Å². The maximum atomic E-state index is 5.44. The van der Waals surface area contributed by atoms with E-state index in [0.717, 1.165) is 16.3 Å². The number of rotatable bonds is 3. The van der Waals surface area contributed by atoms with E-state index in [-0.39, 0.29) is 0 Å². The van der Waals surface area contributed by atoms with Crippen LogP contribution < -0.4 is 5.73 Å². The van der Waals surface area contributed by atoms with Gasteiger partial charge in [0.25, 0.3) is 0 Å². The van der Waals surface area contributed by atoms with E-state index < -0.39 is 0 Å². The van der Waals surface area contributed by atoms with E-state index in [1.165, 1.54) is 0 Å². The van der Waals surface area contributed by atoms with Crippen LogP contribution in [-0.2, 0) is 6.42 Å². The van der Waals surface area contributed by atoms with Crippen molar-refractivity contribution >= 4 is 11.3 Å². The highest BCUT2D eigenvalue weighted by Crippen LogP contribution is 2.25. The minimum atomic E-state index is 0.562. The molecule has 5 heteroatoms. The van der Waals surface area contributed by atoms with Gasteiger partial charge in [0.15, 0.2) is 0 Å². The summed E-state index contributed by atoms with van der Waals surface area (Å²) in [5.41, 5.74) is 7.09. The van der Waals surface area contributed by atoms with Crippen molar-refractivity contribution in [2.24, 2.45) is 5.73 Å². The Bertz CT molecular complexity index is 368. The fraction of sp³-hybridized carbons (Fsp3) is 0.250. The third-order valence-corrected chi connectivity index (χ3v) is 2.57. The van der Waals surface area contributed by atoms with Crippen LogP contribution in [0, 0.1) is 0 Å². The molecule has 0 aliphatic carbocycles. The molecule has 0 fully saturated rings. The molecule has 0 saturated carbocycles. The number of nitrogens with two attached hydrogens (primary N) is 1. The Kier molecular flexibility index (Phi) is 2.37. The van der Waals surface area contributed by atoms with E-state index in [9.17, 15) is 0 Å². The van der Waals surface area contributed by atoms with Crippen molar-refractivity contribution in [1.82, 2.24) is 10.3 Å². The SMILES string of the molecule is NCCc1nonc1-c1cccs1. The van der Waals surface area contributed by atoms with Gasteiger partial charge in [0.2, 0.25) is 0 Å². The van der Waals surface area contributed by atoms with E-state index in [0.29, 0.717) is 13.0 Å². The van der Waals surface area contributed by atoms with Gasteiger partial charge in [-0.3, -0.25) is 0 Å². The molecule has 0 saturated heterocycles. The molecule has 0 aliphatic rings. The molecule has 0 unspecified atom stereocenters. The summed E-state index contributed by atoms with van der Waals surface area (Å²) in [6.45, 7) is 0.562. The van der Waals surface area contributed by atoms with Crippen molar-refractivity contribution in [3.05, 3.63) is 23.2 Å². The Morgan fingerprint density at radius 2 is 2.38 bits per heavy atom. The smallest absolute Gasteiger partial charge is 0.148 e. The highest BCUT2D eigenvalue weighted by Gasteiger charge is 2.11. The lowest BCUT2D eigenvalue weighted by Crippen LogP contribution is -2.03. The zero-order valence-electron chi connectivity index (χ0n) is 6.93. The molecule has 0 aliphatic heterocycles. The van der Waals surface area contributed by atoms with Crippen LogP contribution in [0.25, 0.3) is 10.6 Å². The Morgan fingerprint density at radius 3 is 3.08 bits per heavy atom. The normalized spacial score (nSPS) is 10.5. The van der Waals surface area contributed by atoms with Crippen molar-refractivity contribution < 1.29 is 4.63 Å². The molecule has 0 spiro atoms. The standard InChI is InChI=1S/C8H9N3OS/c9-4-3-6-8(11-12-10-6)7-2-1-5-13-7/h1-2,5H,3-4,9H2. The summed E-state index contributed by atoms with van der Waals surface area (Å²) >= 11 is 1.62. The Morgan fingerprint density at radius 1 is 1.46 bits per heavy atom. The second-order valence-electron chi connectivity index (χ2n) is 2.58. The summed E-state index contributed by atoms with van der Waals surface area (Å²) in [5.74, 6) is 0. The zero-order chi connectivity index (χ0) is 9.10. The molecule has 2 aromatic heterocycles. The molecule has 2 rings (SSSR count). The maximum Gasteiger partial charge on any atom is 0.148 e. The predicted molar refractivity (Wildman–Crippen MR) is 50.4 cm³/mol. The van der Waals surface area contributed by atoms with Crippen LogP contribution in [0.2, 0.25) is 0 Å². The predicted octanol–water partition coefficient (Wildman–Crippen LogP) is 1.30. The first-order chi connectivity index (χ1) is 6.42. The maximum absolute atomic E-state index is 5.44. The van der Waals surface area contributed by atoms with Crippen molar-refractivity contribution in [2.75, 3.05) is 6.54 Å². The van der Waals surface area contributed by atoms with Crippen LogP contribution in [0.1, 0.15) is 5.69 Å². The van der Waals surface area contributed by atoms with E-state index in [1.54, 1.807) is 11.3 Å². The molecule has 2 aromatic rings. The molecule has 2 N–H and O–H groups in total. The Hall–Kier alpha value is -1.20. The van der Waals surface area contributed by atoms with Crippen LogP contribution in [-0.4, -0.2) is 16.9 Å². The first-order valence-corrected chi connectivity index (χ1v) is 4.85. The Balaban J connectivity index is 2.35. The molecule has 0 radical (unpaired) electrons. The topological polar surface area (TPSA) is 64.9 Å². The second kappa shape index (κ2) is 3.68. The number of thiophene rings is 1. The third kappa shape index (κ3) is 1.61. The van der Waals surface area contributed by atoms with Crippen molar-refractivity contribution in [3.8, 4) is 10.6 Å². The number of nitrogens with zero attached hydrogens (tertiary/aromatic N) is 2. The molecule has 13 heavy (non-hydrogen) atoms. The van der Waals surface area contributed by atoms with Gasteiger partial charge in [-0.1, -0.05) is 11.2 Å². The summed E-state index contributed by atoms with van der Waals surface area (Å²) in [5, 5.41) is 9.64. The Labute approximate surface area is 79.3 Å². The molecule has 0 bridgehead atoms. The van der Waals surface area contributed by atoms with Gasteiger partial charge in [0.05, 0.1) is 4.88 Å². The fourth-order valence-electron chi connectivity index (χ4n) is 1.11. The van der Waals surface area contributed by atoms with Crippen LogP contribution >= 0.6 is 11.3 Å². The lowest BCUT2D eigenvalue weighted by atomic mass is 10.2. The van der Waals surface area contributed by atoms with Crippen LogP contribution in [0.5, 0.6) is 0 Å². The summed E-state index contributed by atoms with van der Waals surface area (Å²) in [6, 6.07) is 3.96. The minimum Gasteiger partial charge on any atom is -0.330 e. The zero-order valence-corrected chi connectivity index (χ0v) is 7.75. The highest BCUT2D eigenvalue weighted by atomic mass is 32.1. The lowest BCUT2D eigenvalue weighted by molar-refractivity contribution is 0.304. The minimum absolute atomic E-state index is 0.562. The largest absolute Gasteiger partial charge is 0.330 e. The molecular weight excluding hydrogens is 186 g/mol. The van der Waals surface area contributed by atoms with E-state index in [4.69, 9.17) is 5.73 Å². The second-order valence-corrected chi connectivity index (χ2v) is 3.52. The summed E-state index contributed by atoms with van der Waals surface area (Å²) in [6.07, 6.45) is 0.705. The number of aromatic nitrogens is 2. The average molecular weight is 195 g/mol. The van der Waals surface area contributed by atoms with Crippen molar-refractivity contribution in [2.45, 2.75) is 6.42 Å². The van der Waals surface area contributed by atoms with Gasteiger partial charge in [0, 0.05) is 6.42 Å². The molecular formula is C8H9N3OS. The molecule has 0 amide bonds. The van der Waals surface area contributed by atoms with Gasteiger partial charge in [0.1, 0.15) is 11.4 Å². The number of hydrogen-bond acceptors (Lipinski definition) is 5. The van der Waals surface area contributed by atoms with Gasteiger partial charge >= 0.3 is 0 Å². The summed E-state index contributed by atoms with van der Waals surface area (Å²) in [7, 11) is 0. The molecule has 0 aromatic carbocycles. The summed E-state index contributed by atoms with van der Waals surface area (Å²) in [4.78, 5) is 1.07. The first-order valence-electron chi connectivity index (χ1n) is 3.97. The van der Waals surface area contributed by atoms with E-state index in [2.05, 4.69) is 14.9 Å².